The molecule has 7 heteroatoms. The Balaban J connectivity index is 2.11. The van der Waals surface area contributed by atoms with Gasteiger partial charge in [0, 0.05) is 12.6 Å². The van der Waals surface area contributed by atoms with Gasteiger partial charge in [0.15, 0.2) is 16.3 Å². The second-order valence-electron chi connectivity index (χ2n) is 4.73. The zero-order valence-corrected chi connectivity index (χ0v) is 12.3. The predicted molar refractivity (Wildman–Crippen MR) is 79.9 cm³/mol. The van der Waals surface area contributed by atoms with Gasteiger partial charge in [-0.3, -0.25) is 0 Å². The first kappa shape index (κ1) is 14.1. The number of carboxylic acids is 1. The third-order valence-corrected chi connectivity index (χ3v) is 3.98. The average Bonchev–Trinajstić information content (AvgIpc) is 2.48. The van der Waals surface area contributed by atoms with Crippen LogP contribution >= 0.6 is 23.2 Å². The van der Waals surface area contributed by atoms with Gasteiger partial charge in [-0.1, -0.05) is 47.5 Å². The van der Waals surface area contributed by atoms with Gasteiger partial charge < -0.3 is 10.0 Å². The first-order valence-corrected chi connectivity index (χ1v) is 7.09. The lowest BCUT2D eigenvalue weighted by Gasteiger charge is -2.36. The van der Waals surface area contributed by atoms with Crippen LogP contribution in [-0.2, 0) is 11.2 Å². The maximum Gasteiger partial charge on any atom is 0.331 e. The molecule has 0 fully saturated rings. The van der Waals surface area contributed by atoms with Crippen LogP contribution in [0.1, 0.15) is 17.2 Å². The van der Waals surface area contributed by atoms with E-state index >= 15 is 0 Å². The van der Waals surface area contributed by atoms with Gasteiger partial charge in [-0.15, -0.1) is 10.2 Å². The molecule has 0 saturated heterocycles. The number of nitrogens with zero attached hydrogens (tertiary/aromatic N) is 3. The second-order valence-corrected chi connectivity index (χ2v) is 5.47. The Morgan fingerprint density at radius 2 is 2.05 bits per heavy atom. The number of aromatic nitrogens is 2. The summed E-state index contributed by atoms with van der Waals surface area (Å²) < 4.78 is 0. The molecular weight excluding hydrogens is 313 g/mol. The summed E-state index contributed by atoms with van der Waals surface area (Å²) in [6.07, 6.45) is 0.732. The third kappa shape index (κ3) is 2.54. The maximum absolute atomic E-state index is 11.7. The van der Waals surface area contributed by atoms with E-state index in [1.54, 1.807) is 11.0 Å². The van der Waals surface area contributed by atoms with Crippen molar-refractivity contribution >= 4 is 34.9 Å². The minimum atomic E-state index is -0.939. The number of benzene rings is 1. The molecule has 0 saturated carbocycles. The fraction of sp³-hybridized carbons (Fsp3) is 0.214. The molecule has 1 aromatic heterocycles. The SMILES string of the molecule is O=C(O)C1c2ccccc2CCN1c1cc(Cl)nnc1Cl. The van der Waals surface area contributed by atoms with E-state index < -0.39 is 12.0 Å². The molecule has 2 heterocycles. The zero-order chi connectivity index (χ0) is 15.0. The molecule has 2 aromatic rings. The summed E-state index contributed by atoms with van der Waals surface area (Å²) in [6.45, 7) is 0.524. The minimum Gasteiger partial charge on any atom is -0.479 e. The molecule has 1 aliphatic heterocycles. The van der Waals surface area contributed by atoms with E-state index in [4.69, 9.17) is 23.2 Å². The second kappa shape index (κ2) is 5.50. The molecule has 1 aliphatic rings. The van der Waals surface area contributed by atoms with Gasteiger partial charge in [0.2, 0.25) is 0 Å². The van der Waals surface area contributed by atoms with Crippen molar-refractivity contribution in [3.05, 3.63) is 51.8 Å². The Hall–Kier alpha value is -1.85. The van der Waals surface area contributed by atoms with Crippen LogP contribution in [0.5, 0.6) is 0 Å². The molecular formula is C14H11Cl2N3O2. The number of halogens is 2. The summed E-state index contributed by atoms with van der Waals surface area (Å²) in [5, 5.41) is 17.4. The molecule has 1 N–H and O–H groups in total. The number of fused-ring (bicyclic) bond motifs is 1. The Labute approximate surface area is 131 Å². The van der Waals surface area contributed by atoms with Crippen LogP contribution in [0.25, 0.3) is 0 Å². The van der Waals surface area contributed by atoms with Gasteiger partial charge in [-0.05, 0) is 17.5 Å². The molecule has 1 atom stereocenters. The molecule has 1 aromatic carbocycles. The van der Waals surface area contributed by atoms with E-state index in [0.29, 0.717) is 12.2 Å². The van der Waals surface area contributed by atoms with E-state index in [1.807, 2.05) is 24.3 Å². The number of rotatable bonds is 2. The lowest BCUT2D eigenvalue weighted by atomic mass is 9.92. The van der Waals surface area contributed by atoms with Crippen LogP contribution in [0.2, 0.25) is 10.3 Å². The number of aliphatic carboxylic acids is 1. The summed E-state index contributed by atoms with van der Waals surface area (Å²) in [4.78, 5) is 13.4. The molecule has 3 rings (SSSR count). The summed E-state index contributed by atoms with van der Waals surface area (Å²) >= 11 is 11.9. The van der Waals surface area contributed by atoms with Gasteiger partial charge in [0.05, 0.1) is 5.69 Å². The fourth-order valence-electron chi connectivity index (χ4n) is 2.64. The Kier molecular flexibility index (Phi) is 3.69. The van der Waals surface area contributed by atoms with Crippen LogP contribution in [-0.4, -0.2) is 27.8 Å². The van der Waals surface area contributed by atoms with Gasteiger partial charge in [-0.25, -0.2) is 4.79 Å². The summed E-state index contributed by atoms with van der Waals surface area (Å²) in [5.41, 5.74) is 2.28. The van der Waals surface area contributed by atoms with Crippen molar-refractivity contribution in [1.82, 2.24) is 10.2 Å². The highest BCUT2D eigenvalue weighted by atomic mass is 35.5. The number of hydrogen-bond acceptors (Lipinski definition) is 4. The van der Waals surface area contributed by atoms with Gasteiger partial charge in [-0.2, -0.15) is 0 Å². The molecule has 0 spiro atoms. The fourth-order valence-corrected chi connectivity index (χ4v) is 2.98. The lowest BCUT2D eigenvalue weighted by molar-refractivity contribution is -0.138. The molecule has 21 heavy (non-hydrogen) atoms. The van der Waals surface area contributed by atoms with Crippen LogP contribution in [0.15, 0.2) is 30.3 Å². The van der Waals surface area contributed by atoms with E-state index in [-0.39, 0.29) is 10.3 Å². The number of carbonyl (C=O) groups is 1. The van der Waals surface area contributed by atoms with Crippen molar-refractivity contribution in [2.24, 2.45) is 0 Å². The largest absolute Gasteiger partial charge is 0.479 e. The molecule has 1 unspecified atom stereocenters. The monoisotopic (exact) mass is 323 g/mol. The van der Waals surface area contributed by atoms with Crippen molar-refractivity contribution in [2.45, 2.75) is 12.5 Å². The first-order valence-electron chi connectivity index (χ1n) is 6.34. The zero-order valence-electron chi connectivity index (χ0n) is 10.8. The third-order valence-electron chi connectivity index (χ3n) is 3.53. The predicted octanol–water partition coefficient (Wildman–Crippen LogP) is 2.97. The van der Waals surface area contributed by atoms with Crippen molar-refractivity contribution in [1.29, 1.82) is 0 Å². The normalized spacial score (nSPS) is 17.4. The highest BCUT2D eigenvalue weighted by Crippen LogP contribution is 2.37. The van der Waals surface area contributed by atoms with Crippen molar-refractivity contribution in [3.8, 4) is 0 Å². The summed E-state index contributed by atoms with van der Waals surface area (Å²) in [7, 11) is 0. The quantitative estimate of drug-likeness (QED) is 0.920. The van der Waals surface area contributed by atoms with Gasteiger partial charge in [0.1, 0.15) is 0 Å². The molecule has 5 nitrogen and oxygen atoms in total. The van der Waals surface area contributed by atoms with Crippen LogP contribution in [0.3, 0.4) is 0 Å². The standard InChI is InChI=1S/C14H11Cl2N3O2/c15-11-7-10(13(16)18-17-11)19-6-5-8-3-1-2-4-9(8)12(19)14(20)21/h1-4,7,12H,5-6H2,(H,20,21). The molecule has 0 aliphatic carbocycles. The Bertz CT molecular complexity index is 708. The van der Waals surface area contributed by atoms with E-state index in [2.05, 4.69) is 10.2 Å². The van der Waals surface area contributed by atoms with Crippen LogP contribution < -0.4 is 4.90 Å². The Morgan fingerprint density at radius 3 is 2.81 bits per heavy atom. The molecule has 0 bridgehead atoms. The number of carboxylic acid groups (broad SMARTS) is 1. The van der Waals surface area contributed by atoms with Crippen molar-refractivity contribution in [2.75, 3.05) is 11.4 Å². The van der Waals surface area contributed by atoms with Gasteiger partial charge >= 0.3 is 5.97 Å². The van der Waals surface area contributed by atoms with E-state index in [1.165, 1.54) is 0 Å². The summed E-state index contributed by atoms with van der Waals surface area (Å²) in [5.74, 6) is -0.939. The maximum atomic E-state index is 11.7. The lowest BCUT2D eigenvalue weighted by Crippen LogP contribution is -2.40. The van der Waals surface area contributed by atoms with E-state index in [9.17, 15) is 9.90 Å². The topological polar surface area (TPSA) is 66.3 Å². The first-order chi connectivity index (χ1) is 10.1. The number of hydrogen-bond donors (Lipinski definition) is 1. The molecule has 108 valence electrons. The van der Waals surface area contributed by atoms with E-state index in [0.717, 1.165) is 17.5 Å². The number of anilines is 1. The Morgan fingerprint density at radius 1 is 1.29 bits per heavy atom. The van der Waals surface area contributed by atoms with Crippen molar-refractivity contribution in [3.63, 3.8) is 0 Å². The molecule has 0 radical (unpaired) electrons. The molecule has 0 amide bonds. The highest BCUT2D eigenvalue weighted by molar-refractivity contribution is 6.33. The van der Waals surface area contributed by atoms with Crippen molar-refractivity contribution < 1.29 is 9.90 Å². The van der Waals surface area contributed by atoms with Crippen LogP contribution in [0.4, 0.5) is 5.69 Å². The smallest absolute Gasteiger partial charge is 0.331 e. The minimum absolute atomic E-state index is 0.144. The van der Waals surface area contributed by atoms with Gasteiger partial charge in [0.25, 0.3) is 0 Å². The average molecular weight is 324 g/mol. The highest BCUT2D eigenvalue weighted by Gasteiger charge is 2.34. The van der Waals surface area contributed by atoms with Crippen LogP contribution in [0, 0.1) is 0 Å². The summed E-state index contributed by atoms with van der Waals surface area (Å²) in [6, 6.07) is 8.24.